The van der Waals surface area contributed by atoms with Gasteiger partial charge in [0.1, 0.15) is 0 Å². The molecule has 1 aromatic rings. The minimum absolute atomic E-state index is 0.122. The maximum absolute atomic E-state index is 10.5. The highest BCUT2D eigenvalue weighted by Crippen LogP contribution is 2.23. The number of hydrogen-bond acceptors (Lipinski definition) is 4. The molecule has 1 aromatic carbocycles. The van der Waals surface area contributed by atoms with Crippen LogP contribution in [0.15, 0.2) is 23.1 Å². The average Bonchev–Trinajstić information content (AvgIpc) is 2.16. The minimum atomic E-state index is -0.562. The first-order valence-corrected chi connectivity index (χ1v) is 4.69. The van der Waals surface area contributed by atoms with Gasteiger partial charge in [-0.1, -0.05) is 0 Å². The lowest BCUT2D eigenvalue weighted by molar-refractivity contribution is -0.385. The van der Waals surface area contributed by atoms with Crippen LogP contribution < -0.4 is 0 Å². The second-order valence-corrected chi connectivity index (χ2v) is 3.18. The van der Waals surface area contributed by atoms with E-state index in [1.165, 1.54) is 23.9 Å². The standard InChI is InChI=1S/C8H7NO3S/c1-13-7-2-3-8(9(11)12)6(4-7)5-10/h2-5H,1H3. The number of thioether (sulfide) groups is 1. The highest BCUT2D eigenvalue weighted by Gasteiger charge is 2.12. The lowest BCUT2D eigenvalue weighted by Crippen LogP contribution is -1.93. The molecule has 4 nitrogen and oxygen atoms in total. The highest BCUT2D eigenvalue weighted by atomic mass is 32.2. The van der Waals surface area contributed by atoms with Gasteiger partial charge in [-0.15, -0.1) is 11.8 Å². The summed E-state index contributed by atoms with van der Waals surface area (Å²) in [6, 6.07) is 4.47. The van der Waals surface area contributed by atoms with Crippen molar-refractivity contribution in [3.63, 3.8) is 0 Å². The van der Waals surface area contributed by atoms with E-state index in [9.17, 15) is 14.9 Å². The molecule has 0 aliphatic carbocycles. The molecule has 0 amide bonds. The van der Waals surface area contributed by atoms with Crippen LogP contribution in [0.1, 0.15) is 10.4 Å². The number of carbonyl (C=O) groups is 1. The third kappa shape index (κ3) is 2.06. The SMILES string of the molecule is CSc1ccc([N+](=O)[O-])c(C=O)c1. The van der Waals surface area contributed by atoms with E-state index < -0.39 is 4.92 Å². The number of carbonyl (C=O) groups excluding carboxylic acids is 1. The first kappa shape index (κ1) is 9.73. The molecule has 0 fully saturated rings. The van der Waals surface area contributed by atoms with E-state index in [0.29, 0.717) is 6.29 Å². The van der Waals surface area contributed by atoms with Crippen LogP contribution in [0.4, 0.5) is 5.69 Å². The molecule has 0 aliphatic heterocycles. The molecule has 0 aliphatic rings. The molecule has 0 unspecified atom stereocenters. The van der Waals surface area contributed by atoms with Gasteiger partial charge in [-0.25, -0.2) is 0 Å². The van der Waals surface area contributed by atoms with Crippen molar-refractivity contribution < 1.29 is 9.72 Å². The largest absolute Gasteiger partial charge is 0.298 e. The molecule has 0 aromatic heterocycles. The van der Waals surface area contributed by atoms with Gasteiger partial charge in [0, 0.05) is 11.0 Å². The van der Waals surface area contributed by atoms with Crippen molar-refractivity contribution in [2.75, 3.05) is 6.26 Å². The molecular formula is C8H7NO3S. The number of benzene rings is 1. The Bertz CT molecular complexity index is 351. The van der Waals surface area contributed by atoms with Crippen LogP contribution in [0, 0.1) is 10.1 Å². The topological polar surface area (TPSA) is 60.2 Å². The van der Waals surface area contributed by atoms with Crippen molar-refractivity contribution in [2.45, 2.75) is 4.90 Å². The van der Waals surface area contributed by atoms with Crippen molar-refractivity contribution in [3.8, 4) is 0 Å². The Labute approximate surface area is 79.1 Å². The van der Waals surface area contributed by atoms with E-state index in [2.05, 4.69) is 0 Å². The molecule has 0 radical (unpaired) electrons. The van der Waals surface area contributed by atoms with Gasteiger partial charge in [0.2, 0.25) is 0 Å². The maximum Gasteiger partial charge on any atom is 0.279 e. The van der Waals surface area contributed by atoms with E-state index in [1.54, 1.807) is 6.07 Å². The summed E-state index contributed by atoms with van der Waals surface area (Å²) in [4.78, 5) is 21.2. The molecule has 0 atom stereocenters. The van der Waals surface area contributed by atoms with Crippen molar-refractivity contribution in [2.24, 2.45) is 0 Å². The molecule has 5 heteroatoms. The number of nitrogens with zero attached hydrogens (tertiary/aromatic N) is 1. The van der Waals surface area contributed by atoms with Crippen LogP contribution >= 0.6 is 11.8 Å². The van der Waals surface area contributed by atoms with Gasteiger partial charge >= 0.3 is 0 Å². The van der Waals surface area contributed by atoms with Crippen LogP contribution in [0.25, 0.3) is 0 Å². The first-order chi connectivity index (χ1) is 6.19. The minimum Gasteiger partial charge on any atom is -0.298 e. The predicted molar refractivity (Wildman–Crippen MR) is 50.3 cm³/mol. The van der Waals surface area contributed by atoms with Crippen molar-refractivity contribution >= 4 is 23.7 Å². The predicted octanol–water partition coefficient (Wildman–Crippen LogP) is 2.13. The fraction of sp³-hybridized carbons (Fsp3) is 0.125. The Hall–Kier alpha value is -1.36. The average molecular weight is 197 g/mol. The first-order valence-electron chi connectivity index (χ1n) is 3.46. The van der Waals surface area contributed by atoms with Gasteiger partial charge in [0.05, 0.1) is 10.5 Å². The second kappa shape index (κ2) is 4.04. The Morgan fingerprint density at radius 1 is 1.54 bits per heavy atom. The zero-order chi connectivity index (χ0) is 9.84. The second-order valence-electron chi connectivity index (χ2n) is 2.30. The summed E-state index contributed by atoms with van der Waals surface area (Å²) < 4.78 is 0. The number of nitro groups is 1. The van der Waals surface area contributed by atoms with Gasteiger partial charge in [0.25, 0.3) is 5.69 Å². The molecule has 0 saturated heterocycles. The fourth-order valence-corrected chi connectivity index (χ4v) is 1.37. The smallest absolute Gasteiger partial charge is 0.279 e. The number of nitro benzene ring substituents is 1. The summed E-state index contributed by atoms with van der Waals surface area (Å²) in [5, 5.41) is 10.4. The monoisotopic (exact) mass is 197 g/mol. The lowest BCUT2D eigenvalue weighted by atomic mass is 10.2. The molecule has 13 heavy (non-hydrogen) atoms. The summed E-state index contributed by atoms with van der Waals surface area (Å²) in [6.45, 7) is 0. The van der Waals surface area contributed by atoms with Crippen LogP contribution in [-0.4, -0.2) is 17.5 Å². The third-order valence-electron chi connectivity index (χ3n) is 1.56. The Balaban J connectivity index is 3.23. The molecule has 0 N–H and O–H groups in total. The van der Waals surface area contributed by atoms with E-state index in [0.717, 1.165) is 4.90 Å². The fourth-order valence-electron chi connectivity index (χ4n) is 0.920. The van der Waals surface area contributed by atoms with E-state index in [4.69, 9.17) is 0 Å². The van der Waals surface area contributed by atoms with E-state index in [1.807, 2.05) is 6.26 Å². The zero-order valence-corrected chi connectivity index (χ0v) is 7.71. The zero-order valence-electron chi connectivity index (χ0n) is 6.89. The summed E-state index contributed by atoms with van der Waals surface area (Å²) in [6.07, 6.45) is 2.34. The third-order valence-corrected chi connectivity index (χ3v) is 2.28. The molecular weight excluding hydrogens is 190 g/mol. The van der Waals surface area contributed by atoms with E-state index in [-0.39, 0.29) is 11.3 Å². The Kier molecular flexibility index (Phi) is 3.02. The van der Waals surface area contributed by atoms with Gasteiger partial charge in [-0.05, 0) is 18.4 Å². The van der Waals surface area contributed by atoms with Gasteiger partial charge < -0.3 is 0 Å². The Morgan fingerprint density at radius 3 is 2.69 bits per heavy atom. The quantitative estimate of drug-likeness (QED) is 0.322. The molecule has 1 rings (SSSR count). The summed E-state index contributed by atoms with van der Waals surface area (Å²) in [7, 11) is 0. The van der Waals surface area contributed by atoms with Crippen LogP contribution in [0.2, 0.25) is 0 Å². The maximum atomic E-state index is 10.5. The van der Waals surface area contributed by atoms with Crippen molar-refractivity contribution in [1.29, 1.82) is 0 Å². The number of aldehydes is 1. The van der Waals surface area contributed by atoms with Crippen molar-refractivity contribution in [1.82, 2.24) is 0 Å². The lowest BCUT2D eigenvalue weighted by Gasteiger charge is -1.98. The summed E-state index contributed by atoms with van der Waals surface area (Å²) in [5.41, 5.74) is -0.0235. The molecule has 0 heterocycles. The molecule has 68 valence electrons. The van der Waals surface area contributed by atoms with Crippen LogP contribution in [-0.2, 0) is 0 Å². The number of hydrogen-bond donors (Lipinski definition) is 0. The van der Waals surface area contributed by atoms with E-state index >= 15 is 0 Å². The molecule has 0 spiro atoms. The number of rotatable bonds is 3. The van der Waals surface area contributed by atoms with Gasteiger partial charge in [0.15, 0.2) is 6.29 Å². The molecule has 0 saturated carbocycles. The van der Waals surface area contributed by atoms with Gasteiger partial charge in [-0.2, -0.15) is 0 Å². The highest BCUT2D eigenvalue weighted by molar-refractivity contribution is 7.98. The normalized spacial score (nSPS) is 9.62. The van der Waals surface area contributed by atoms with Crippen LogP contribution in [0.5, 0.6) is 0 Å². The summed E-state index contributed by atoms with van der Waals surface area (Å²) in [5.74, 6) is 0. The van der Waals surface area contributed by atoms with Crippen LogP contribution in [0.3, 0.4) is 0 Å². The van der Waals surface area contributed by atoms with Gasteiger partial charge in [-0.3, -0.25) is 14.9 Å². The Morgan fingerprint density at radius 2 is 2.23 bits per heavy atom. The van der Waals surface area contributed by atoms with Crippen molar-refractivity contribution in [3.05, 3.63) is 33.9 Å². The molecule has 0 bridgehead atoms. The summed E-state index contributed by atoms with van der Waals surface area (Å²) >= 11 is 1.44.